The summed E-state index contributed by atoms with van der Waals surface area (Å²) in [5, 5.41) is 0. The average Bonchev–Trinajstić information content (AvgIpc) is 2.65. The average molecular weight is 182 g/mol. The summed E-state index contributed by atoms with van der Waals surface area (Å²) < 4.78 is 0. The van der Waals surface area contributed by atoms with Crippen LogP contribution in [0.2, 0.25) is 0 Å². The fourth-order valence-corrected chi connectivity index (χ4v) is 2.53. The Bertz CT molecular complexity index is 178. The molecule has 0 amide bonds. The van der Waals surface area contributed by atoms with Gasteiger partial charge in [-0.25, -0.2) is 0 Å². The van der Waals surface area contributed by atoms with Crippen LogP contribution in [0.1, 0.15) is 59.3 Å². The lowest BCUT2D eigenvalue weighted by Gasteiger charge is -2.28. The molecule has 0 aromatic rings. The molecule has 1 nitrogen and oxygen atoms in total. The summed E-state index contributed by atoms with van der Waals surface area (Å²) in [6.07, 6.45) is 6.86. The second kappa shape index (κ2) is 4.26. The van der Waals surface area contributed by atoms with Crippen LogP contribution in [0, 0.1) is 11.3 Å². The Labute approximate surface area is 81.9 Å². The Balaban J connectivity index is 2.70. The van der Waals surface area contributed by atoms with Gasteiger partial charge in [-0.2, -0.15) is 0 Å². The number of hydrogen-bond acceptors (Lipinski definition) is 1. The molecular weight excluding hydrogens is 160 g/mol. The van der Waals surface area contributed by atoms with Gasteiger partial charge in [-0.15, -0.1) is 0 Å². The molecule has 1 fully saturated rings. The van der Waals surface area contributed by atoms with E-state index in [4.69, 9.17) is 0 Å². The highest BCUT2D eigenvalue weighted by atomic mass is 16.1. The third kappa shape index (κ3) is 1.95. The van der Waals surface area contributed by atoms with E-state index in [2.05, 4.69) is 20.8 Å². The molecular formula is C12H22O. The van der Waals surface area contributed by atoms with E-state index in [1.165, 1.54) is 12.8 Å². The van der Waals surface area contributed by atoms with Crippen LogP contribution in [0.4, 0.5) is 0 Å². The van der Waals surface area contributed by atoms with E-state index in [9.17, 15) is 4.79 Å². The fourth-order valence-electron chi connectivity index (χ4n) is 2.53. The van der Waals surface area contributed by atoms with Crippen LogP contribution in [-0.4, -0.2) is 5.78 Å². The van der Waals surface area contributed by atoms with E-state index >= 15 is 0 Å². The maximum Gasteiger partial charge on any atom is 0.141 e. The van der Waals surface area contributed by atoms with Crippen molar-refractivity contribution in [2.45, 2.75) is 59.3 Å². The van der Waals surface area contributed by atoms with E-state index in [0.717, 1.165) is 25.7 Å². The van der Waals surface area contributed by atoms with Gasteiger partial charge in [0, 0.05) is 11.3 Å². The largest absolute Gasteiger partial charge is 0.299 e. The molecule has 0 bridgehead atoms. The van der Waals surface area contributed by atoms with Gasteiger partial charge in [0.2, 0.25) is 0 Å². The van der Waals surface area contributed by atoms with Crippen molar-refractivity contribution in [2.24, 2.45) is 11.3 Å². The Hall–Kier alpha value is -0.330. The third-order valence-corrected chi connectivity index (χ3v) is 3.82. The van der Waals surface area contributed by atoms with Crippen molar-refractivity contribution in [1.29, 1.82) is 0 Å². The van der Waals surface area contributed by atoms with E-state index in [0.29, 0.717) is 5.78 Å². The first-order valence-electron chi connectivity index (χ1n) is 5.70. The highest BCUT2D eigenvalue weighted by molar-refractivity contribution is 5.86. The number of ketones is 1. The molecule has 0 radical (unpaired) electrons. The Kier molecular flexibility index (Phi) is 3.52. The van der Waals surface area contributed by atoms with Crippen LogP contribution in [0.25, 0.3) is 0 Å². The van der Waals surface area contributed by atoms with E-state index in [-0.39, 0.29) is 11.3 Å². The van der Waals surface area contributed by atoms with Crippen molar-refractivity contribution in [3.63, 3.8) is 0 Å². The van der Waals surface area contributed by atoms with Crippen molar-refractivity contribution in [3.05, 3.63) is 0 Å². The molecule has 1 atom stereocenters. The van der Waals surface area contributed by atoms with Crippen molar-refractivity contribution >= 4 is 5.78 Å². The number of carbonyl (C=O) groups excluding carboxylic acids is 1. The van der Waals surface area contributed by atoms with Gasteiger partial charge in [0.05, 0.1) is 0 Å². The van der Waals surface area contributed by atoms with Gasteiger partial charge in [0.1, 0.15) is 5.78 Å². The first-order chi connectivity index (χ1) is 6.16. The molecule has 1 aliphatic rings. The zero-order chi connectivity index (χ0) is 9.90. The zero-order valence-electron chi connectivity index (χ0n) is 9.23. The number of hydrogen-bond donors (Lipinski definition) is 0. The highest BCUT2D eigenvalue weighted by Gasteiger charge is 2.40. The van der Waals surface area contributed by atoms with Gasteiger partial charge in [0.25, 0.3) is 0 Å². The monoisotopic (exact) mass is 182 g/mol. The lowest BCUT2D eigenvalue weighted by Crippen LogP contribution is -2.31. The summed E-state index contributed by atoms with van der Waals surface area (Å²) in [7, 11) is 0. The molecule has 13 heavy (non-hydrogen) atoms. The van der Waals surface area contributed by atoms with Crippen LogP contribution >= 0.6 is 0 Å². The van der Waals surface area contributed by atoms with Crippen molar-refractivity contribution in [1.82, 2.24) is 0 Å². The molecule has 0 aromatic carbocycles. The maximum absolute atomic E-state index is 12.1. The molecule has 0 aromatic heterocycles. The van der Waals surface area contributed by atoms with Crippen LogP contribution in [0.3, 0.4) is 0 Å². The lowest BCUT2D eigenvalue weighted by atomic mass is 9.74. The number of carbonyl (C=O) groups is 1. The maximum atomic E-state index is 12.1. The van der Waals surface area contributed by atoms with Gasteiger partial charge in [0.15, 0.2) is 0 Å². The first kappa shape index (κ1) is 10.7. The molecule has 0 N–H and O–H groups in total. The van der Waals surface area contributed by atoms with Crippen molar-refractivity contribution < 1.29 is 4.79 Å². The normalized spacial score (nSPS) is 23.0. The van der Waals surface area contributed by atoms with E-state index in [1.807, 2.05) is 0 Å². The molecule has 76 valence electrons. The van der Waals surface area contributed by atoms with Crippen molar-refractivity contribution in [2.75, 3.05) is 0 Å². The minimum absolute atomic E-state index is 0.0788. The predicted octanol–water partition coefficient (Wildman–Crippen LogP) is 3.57. The second-order valence-electron chi connectivity index (χ2n) is 4.51. The minimum Gasteiger partial charge on any atom is -0.299 e. The molecule has 0 aliphatic heterocycles. The van der Waals surface area contributed by atoms with Crippen LogP contribution < -0.4 is 0 Å². The summed E-state index contributed by atoms with van der Waals surface area (Å²) in [5.74, 6) is 0.813. The molecule has 0 saturated heterocycles. The van der Waals surface area contributed by atoms with Crippen LogP contribution in [0.15, 0.2) is 0 Å². The first-order valence-corrected chi connectivity index (χ1v) is 5.70. The van der Waals surface area contributed by atoms with Crippen molar-refractivity contribution in [3.8, 4) is 0 Å². The standard InChI is InChI=1S/C12H22O/c1-4-10(3)11(13)12(5-2)8-6-7-9-12/h10H,4-9H2,1-3H3. The van der Waals surface area contributed by atoms with Gasteiger partial charge < -0.3 is 0 Å². The summed E-state index contributed by atoms with van der Waals surface area (Å²) in [6, 6.07) is 0. The smallest absolute Gasteiger partial charge is 0.141 e. The fraction of sp³-hybridized carbons (Fsp3) is 0.917. The molecule has 0 heterocycles. The Morgan fingerprint density at radius 3 is 2.23 bits per heavy atom. The third-order valence-electron chi connectivity index (χ3n) is 3.82. The van der Waals surface area contributed by atoms with E-state index < -0.39 is 0 Å². The summed E-state index contributed by atoms with van der Waals surface area (Å²) in [5.41, 5.74) is 0.0788. The Morgan fingerprint density at radius 1 is 1.31 bits per heavy atom. The quantitative estimate of drug-likeness (QED) is 0.649. The predicted molar refractivity (Wildman–Crippen MR) is 55.7 cm³/mol. The summed E-state index contributed by atoms with van der Waals surface area (Å²) in [6.45, 7) is 6.37. The molecule has 1 saturated carbocycles. The SMILES string of the molecule is CCC(C)C(=O)C1(CC)CCCC1. The number of rotatable bonds is 4. The molecule has 1 aliphatic carbocycles. The molecule has 1 heteroatoms. The van der Waals surface area contributed by atoms with Crippen LogP contribution in [-0.2, 0) is 4.79 Å². The zero-order valence-corrected chi connectivity index (χ0v) is 9.23. The second-order valence-corrected chi connectivity index (χ2v) is 4.51. The summed E-state index contributed by atoms with van der Waals surface area (Å²) in [4.78, 5) is 12.1. The molecule has 0 spiro atoms. The van der Waals surface area contributed by atoms with E-state index in [1.54, 1.807) is 0 Å². The lowest BCUT2D eigenvalue weighted by molar-refractivity contribution is -0.132. The van der Waals surface area contributed by atoms with Gasteiger partial charge in [-0.1, -0.05) is 33.6 Å². The summed E-state index contributed by atoms with van der Waals surface area (Å²) >= 11 is 0. The Morgan fingerprint density at radius 2 is 1.85 bits per heavy atom. The van der Waals surface area contributed by atoms with Gasteiger partial charge in [-0.05, 0) is 25.7 Å². The van der Waals surface area contributed by atoms with Crippen LogP contribution in [0.5, 0.6) is 0 Å². The van der Waals surface area contributed by atoms with Gasteiger partial charge >= 0.3 is 0 Å². The molecule has 1 unspecified atom stereocenters. The number of Topliss-reactive ketones (excluding diaryl/α,β-unsaturated/α-hetero) is 1. The topological polar surface area (TPSA) is 17.1 Å². The molecule has 1 rings (SSSR count). The highest BCUT2D eigenvalue weighted by Crippen LogP contribution is 2.43. The minimum atomic E-state index is 0.0788. The van der Waals surface area contributed by atoms with Gasteiger partial charge in [-0.3, -0.25) is 4.79 Å².